The smallest absolute Gasteiger partial charge is 0.203 e. The maximum atomic E-state index is 5.39. The van der Waals surface area contributed by atoms with Crippen LogP contribution in [0.1, 0.15) is 24.1 Å². The molecule has 0 saturated carbocycles. The Kier molecular flexibility index (Phi) is 5.67. The zero-order valence-electron chi connectivity index (χ0n) is 13.6. The Morgan fingerprint density at radius 2 is 1.50 bits per heavy atom. The fraction of sp³-hybridized carbons (Fsp3) is 0.333. The Morgan fingerprint density at radius 1 is 0.909 bits per heavy atom. The molecule has 0 aliphatic rings. The number of hydrogen-bond acceptors (Lipinski definition) is 3. The molecule has 0 heterocycles. The molecule has 2 N–H and O–H groups in total. The van der Waals surface area contributed by atoms with Crippen LogP contribution < -0.4 is 19.5 Å². The van der Waals surface area contributed by atoms with Crippen molar-refractivity contribution in [1.82, 2.24) is 0 Å². The second-order valence-electron chi connectivity index (χ2n) is 5.17. The molecule has 2 rings (SSSR count). The van der Waals surface area contributed by atoms with Gasteiger partial charge in [0, 0.05) is 11.1 Å². The van der Waals surface area contributed by atoms with E-state index in [1.807, 2.05) is 18.2 Å². The summed E-state index contributed by atoms with van der Waals surface area (Å²) in [5.74, 6) is 2.01. The van der Waals surface area contributed by atoms with E-state index in [2.05, 4.69) is 36.5 Å². The van der Waals surface area contributed by atoms with E-state index in [0.717, 1.165) is 12.1 Å². The van der Waals surface area contributed by atoms with Gasteiger partial charge in [-0.25, -0.2) is 0 Å². The summed E-state index contributed by atoms with van der Waals surface area (Å²) in [5.41, 5.74) is 2.45. The Balaban J connectivity index is 2.13. The molecule has 4 heteroatoms. The minimum Gasteiger partial charge on any atom is -0.493 e. The van der Waals surface area contributed by atoms with Crippen LogP contribution in [0.15, 0.2) is 42.5 Å². The van der Waals surface area contributed by atoms with E-state index in [4.69, 9.17) is 14.2 Å². The van der Waals surface area contributed by atoms with E-state index in [9.17, 15) is 0 Å². The van der Waals surface area contributed by atoms with Crippen LogP contribution in [-0.2, 0) is 6.54 Å². The number of hydrogen-bond donors (Lipinski definition) is 1. The molecule has 2 aromatic rings. The first-order valence-electron chi connectivity index (χ1n) is 7.36. The van der Waals surface area contributed by atoms with Gasteiger partial charge in [0.05, 0.1) is 21.3 Å². The van der Waals surface area contributed by atoms with E-state index in [-0.39, 0.29) is 0 Å². The van der Waals surface area contributed by atoms with Crippen LogP contribution in [0.25, 0.3) is 0 Å². The van der Waals surface area contributed by atoms with Crippen LogP contribution >= 0.6 is 0 Å². The molecular weight excluding hydrogens is 278 g/mol. The topological polar surface area (TPSA) is 44.3 Å². The minimum absolute atomic E-state index is 0.389. The first kappa shape index (κ1) is 16.2. The molecule has 22 heavy (non-hydrogen) atoms. The first-order chi connectivity index (χ1) is 10.7. The number of quaternary nitrogens is 1. The Morgan fingerprint density at radius 3 is 2.00 bits per heavy atom. The van der Waals surface area contributed by atoms with Crippen molar-refractivity contribution in [2.24, 2.45) is 0 Å². The van der Waals surface area contributed by atoms with Crippen LogP contribution in [0.3, 0.4) is 0 Å². The molecule has 0 unspecified atom stereocenters. The van der Waals surface area contributed by atoms with Gasteiger partial charge in [-0.2, -0.15) is 0 Å². The number of ether oxygens (including phenoxy) is 3. The Hall–Kier alpha value is -2.20. The highest BCUT2D eigenvalue weighted by Crippen LogP contribution is 2.37. The van der Waals surface area contributed by atoms with Gasteiger partial charge in [0.1, 0.15) is 12.6 Å². The molecule has 0 aromatic heterocycles. The molecule has 0 amide bonds. The molecular formula is C18H24NO3+. The van der Waals surface area contributed by atoms with Crippen molar-refractivity contribution in [2.45, 2.75) is 19.5 Å². The van der Waals surface area contributed by atoms with Crippen molar-refractivity contribution < 1.29 is 19.5 Å². The van der Waals surface area contributed by atoms with Gasteiger partial charge in [0.25, 0.3) is 0 Å². The first-order valence-corrected chi connectivity index (χ1v) is 7.36. The van der Waals surface area contributed by atoms with Gasteiger partial charge in [-0.15, -0.1) is 0 Å². The standard InChI is InChI=1S/C18H23NO3/c1-13(15-8-6-5-7-9-15)19-12-14-10-16(20-2)18(22-4)17(11-14)21-3/h5-11,13,19H,12H2,1-4H3/p+1/t13-/m0/s1. The summed E-state index contributed by atoms with van der Waals surface area (Å²) in [4.78, 5) is 0. The van der Waals surface area contributed by atoms with Gasteiger partial charge in [-0.05, 0) is 19.1 Å². The van der Waals surface area contributed by atoms with Gasteiger partial charge < -0.3 is 19.5 Å². The van der Waals surface area contributed by atoms with Gasteiger partial charge in [-0.1, -0.05) is 30.3 Å². The summed E-state index contributed by atoms with van der Waals surface area (Å²) < 4.78 is 16.1. The van der Waals surface area contributed by atoms with Crippen molar-refractivity contribution in [3.8, 4) is 17.2 Å². The number of rotatable bonds is 7. The molecule has 0 aliphatic carbocycles. The minimum atomic E-state index is 0.389. The molecule has 1 atom stereocenters. The third-order valence-electron chi connectivity index (χ3n) is 3.76. The predicted molar refractivity (Wildman–Crippen MR) is 86.6 cm³/mol. The fourth-order valence-corrected chi connectivity index (χ4v) is 2.46. The van der Waals surface area contributed by atoms with E-state index >= 15 is 0 Å². The summed E-state index contributed by atoms with van der Waals surface area (Å²) in [6, 6.07) is 14.9. The highest BCUT2D eigenvalue weighted by Gasteiger charge is 2.15. The third-order valence-corrected chi connectivity index (χ3v) is 3.76. The number of nitrogens with two attached hydrogens (primary N) is 1. The van der Waals surface area contributed by atoms with Crippen LogP contribution in [0, 0.1) is 0 Å². The lowest BCUT2D eigenvalue weighted by atomic mass is 10.1. The SMILES string of the molecule is COc1cc(C[NH2+][C@@H](C)c2ccccc2)cc(OC)c1OC. The van der Waals surface area contributed by atoms with Crippen LogP contribution in [0.5, 0.6) is 17.2 Å². The molecule has 0 aliphatic heterocycles. The third kappa shape index (κ3) is 3.71. The van der Waals surface area contributed by atoms with Crippen molar-refractivity contribution >= 4 is 0 Å². The normalized spacial score (nSPS) is 11.8. The summed E-state index contributed by atoms with van der Waals surface area (Å²) in [6.07, 6.45) is 0. The highest BCUT2D eigenvalue weighted by atomic mass is 16.5. The second kappa shape index (κ2) is 7.71. The highest BCUT2D eigenvalue weighted by molar-refractivity contribution is 5.53. The number of benzene rings is 2. The van der Waals surface area contributed by atoms with E-state index in [0.29, 0.717) is 23.3 Å². The number of methoxy groups -OCH3 is 3. The largest absolute Gasteiger partial charge is 0.493 e. The lowest BCUT2D eigenvalue weighted by Gasteiger charge is -2.15. The molecule has 0 bridgehead atoms. The van der Waals surface area contributed by atoms with Crippen LogP contribution in [0.4, 0.5) is 0 Å². The van der Waals surface area contributed by atoms with Crippen molar-refractivity contribution in [3.05, 3.63) is 53.6 Å². The van der Waals surface area contributed by atoms with E-state index < -0.39 is 0 Å². The zero-order valence-corrected chi connectivity index (χ0v) is 13.6. The molecule has 2 aromatic carbocycles. The average Bonchev–Trinajstić information content (AvgIpc) is 2.59. The van der Waals surface area contributed by atoms with Gasteiger partial charge in [-0.3, -0.25) is 0 Å². The summed E-state index contributed by atoms with van der Waals surface area (Å²) in [6.45, 7) is 3.04. The fourth-order valence-electron chi connectivity index (χ4n) is 2.46. The lowest BCUT2D eigenvalue weighted by Crippen LogP contribution is -2.83. The van der Waals surface area contributed by atoms with Crippen molar-refractivity contribution in [2.75, 3.05) is 21.3 Å². The van der Waals surface area contributed by atoms with Gasteiger partial charge in [0.15, 0.2) is 11.5 Å². The molecule has 0 saturated heterocycles. The maximum absolute atomic E-state index is 5.39. The van der Waals surface area contributed by atoms with Crippen LogP contribution in [0.2, 0.25) is 0 Å². The molecule has 0 radical (unpaired) electrons. The monoisotopic (exact) mass is 302 g/mol. The van der Waals surface area contributed by atoms with Gasteiger partial charge in [0.2, 0.25) is 5.75 Å². The Bertz CT molecular complexity index is 574. The second-order valence-corrected chi connectivity index (χ2v) is 5.17. The van der Waals surface area contributed by atoms with Crippen molar-refractivity contribution in [1.29, 1.82) is 0 Å². The van der Waals surface area contributed by atoms with E-state index in [1.54, 1.807) is 21.3 Å². The molecule has 0 spiro atoms. The van der Waals surface area contributed by atoms with E-state index in [1.165, 1.54) is 5.56 Å². The van der Waals surface area contributed by atoms with Crippen LogP contribution in [-0.4, -0.2) is 21.3 Å². The molecule has 118 valence electrons. The quantitative estimate of drug-likeness (QED) is 0.855. The average molecular weight is 302 g/mol. The Labute approximate surface area is 132 Å². The van der Waals surface area contributed by atoms with Crippen molar-refractivity contribution in [3.63, 3.8) is 0 Å². The maximum Gasteiger partial charge on any atom is 0.203 e. The summed E-state index contributed by atoms with van der Waals surface area (Å²) >= 11 is 0. The van der Waals surface area contributed by atoms with Gasteiger partial charge >= 0.3 is 0 Å². The zero-order chi connectivity index (χ0) is 15.9. The predicted octanol–water partition coefficient (Wildman–Crippen LogP) is 2.54. The summed E-state index contributed by atoms with van der Waals surface area (Å²) in [5, 5.41) is 2.29. The molecule has 0 fully saturated rings. The lowest BCUT2D eigenvalue weighted by molar-refractivity contribution is -0.707. The molecule has 4 nitrogen and oxygen atoms in total. The summed E-state index contributed by atoms with van der Waals surface area (Å²) in [7, 11) is 4.89.